The zero-order valence-corrected chi connectivity index (χ0v) is 18.3. The van der Waals surface area contributed by atoms with E-state index in [4.69, 9.17) is 27.6 Å². The first kappa shape index (κ1) is 19.7. The summed E-state index contributed by atoms with van der Waals surface area (Å²) in [6.45, 7) is 1.84. The monoisotopic (exact) mass is 469 g/mol. The first-order valence-corrected chi connectivity index (χ1v) is 10.7. The molecule has 0 saturated heterocycles. The Bertz CT molecular complexity index is 1440. The van der Waals surface area contributed by atoms with E-state index in [0.717, 1.165) is 16.4 Å². The molecule has 0 bridgehead atoms. The highest BCUT2D eigenvalue weighted by Gasteiger charge is 2.16. The Balaban J connectivity index is 1.38. The largest absolute Gasteiger partial charge is 0.451 e. The summed E-state index contributed by atoms with van der Waals surface area (Å²) in [6.07, 6.45) is 0. The molecule has 7 nitrogen and oxygen atoms in total. The van der Waals surface area contributed by atoms with E-state index in [1.54, 1.807) is 40.9 Å². The molecule has 1 N–H and O–H groups in total. The highest BCUT2D eigenvalue weighted by atomic mass is 35.5. The van der Waals surface area contributed by atoms with Crippen molar-refractivity contribution >= 4 is 51.1 Å². The van der Waals surface area contributed by atoms with Crippen molar-refractivity contribution < 1.29 is 9.21 Å². The molecular weight excluding hydrogens is 457 g/mol. The van der Waals surface area contributed by atoms with E-state index in [0.29, 0.717) is 32.0 Å². The van der Waals surface area contributed by atoms with Crippen LogP contribution in [0.1, 0.15) is 16.4 Å². The molecule has 0 unspecified atom stereocenters. The number of benzene rings is 2. The van der Waals surface area contributed by atoms with E-state index in [1.165, 1.54) is 11.3 Å². The lowest BCUT2D eigenvalue weighted by Crippen LogP contribution is -2.10. The van der Waals surface area contributed by atoms with Crippen LogP contribution >= 0.6 is 34.5 Å². The standard InChI is InChI=1S/C21H13Cl2N5O2S/c1-11-25-26-21-28(11)27-20(31-21)12-3-2-4-14(9-12)24-19(29)18-8-7-17(30-18)15-10-13(22)5-6-16(15)23/h2-10H,1H3,(H,24,29). The fourth-order valence-electron chi connectivity index (χ4n) is 3.05. The zero-order chi connectivity index (χ0) is 21.5. The Morgan fingerprint density at radius 3 is 2.81 bits per heavy atom. The van der Waals surface area contributed by atoms with E-state index in [2.05, 4.69) is 20.6 Å². The van der Waals surface area contributed by atoms with Crippen LogP contribution in [0.25, 0.3) is 26.9 Å². The number of carbonyl (C=O) groups excluding carboxylic acids is 1. The van der Waals surface area contributed by atoms with Crippen LogP contribution in [0.2, 0.25) is 10.0 Å². The molecule has 0 fully saturated rings. The molecule has 0 aliphatic heterocycles. The molecule has 2 aromatic carbocycles. The van der Waals surface area contributed by atoms with Gasteiger partial charge in [-0.15, -0.1) is 10.2 Å². The van der Waals surface area contributed by atoms with Crippen LogP contribution in [-0.4, -0.2) is 25.7 Å². The van der Waals surface area contributed by atoms with Crippen molar-refractivity contribution in [3.8, 4) is 21.9 Å². The van der Waals surface area contributed by atoms with Gasteiger partial charge in [0.1, 0.15) is 10.8 Å². The number of halogens is 2. The van der Waals surface area contributed by atoms with Crippen LogP contribution < -0.4 is 5.32 Å². The van der Waals surface area contributed by atoms with Crippen LogP contribution in [0.15, 0.2) is 59.0 Å². The van der Waals surface area contributed by atoms with E-state index >= 15 is 0 Å². The lowest BCUT2D eigenvalue weighted by atomic mass is 10.2. The van der Waals surface area contributed by atoms with Gasteiger partial charge in [0.15, 0.2) is 11.6 Å². The quantitative estimate of drug-likeness (QED) is 0.349. The van der Waals surface area contributed by atoms with Gasteiger partial charge in [-0.25, -0.2) is 0 Å². The molecule has 0 radical (unpaired) electrons. The number of fused-ring (bicyclic) bond motifs is 1. The van der Waals surface area contributed by atoms with Gasteiger partial charge in [-0.2, -0.15) is 9.61 Å². The zero-order valence-electron chi connectivity index (χ0n) is 16.0. The molecule has 154 valence electrons. The molecule has 5 aromatic rings. The molecule has 3 heterocycles. The lowest BCUT2D eigenvalue weighted by molar-refractivity contribution is 0.0997. The van der Waals surface area contributed by atoms with E-state index < -0.39 is 0 Å². The van der Waals surface area contributed by atoms with Crippen LogP contribution in [0.5, 0.6) is 0 Å². The van der Waals surface area contributed by atoms with E-state index in [-0.39, 0.29) is 11.7 Å². The second-order valence-corrected chi connectivity index (χ2v) is 8.47. The molecule has 0 aliphatic carbocycles. The van der Waals surface area contributed by atoms with Crippen molar-refractivity contribution in [3.63, 3.8) is 0 Å². The number of nitrogens with one attached hydrogen (secondary N) is 1. The molecule has 10 heteroatoms. The molecule has 0 saturated carbocycles. The highest BCUT2D eigenvalue weighted by Crippen LogP contribution is 2.32. The predicted octanol–water partition coefficient (Wildman–Crippen LogP) is 5.98. The van der Waals surface area contributed by atoms with Crippen molar-refractivity contribution in [1.29, 1.82) is 0 Å². The Kier molecular flexibility index (Phi) is 4.97. The Labute approximate surface area is 190 Å². The summed E-state index contributed by atoms with van der Waals surface area (Å²) >= 11 is 13.7. The molecule has 1 amide bonds. The fourth-order valence-corrected chi connectivity index (χ4v) is 4.31. The maximum absolute atomic E-state index is 12.7. The number of aromatic nitrogens is 4. The summed E-state index contributed by atoms with van der Waals surface area (Å²) in [5.74, 6) is 0.957. The number of carbonyl (C=O) groups is 1. The second kappa shape index (κ2) is 7.81. The average Bonchev–Trinajstić information content (AvgIpc) is 3.48. The maximum Gasteiger partial charge on any atom is 0.291 e. The smallest absolute Gasteiger partial charge is 0.291 e. The van der Waals surface area contributed by atoms with Crippen LogP contribution in [0.3, 0.4) is 0 Å². The van der Waals surface area contributed by atoms with Crippen LogP contribution in [0.4, 0.5) is 5.69 Å². The third-order valence-electron chi connectivity index (χ3n) is 4.54. The minimum Gasteiger partial charge on any atom is -0.451 e. The predicted molar refractivity (Wildman–Crippen MR) is 121 cm³/mol. The van der Waals surface area contributed by atoms with Gasteiger partial charge in [0.25, 0.3) is 5.91 Å². The van der Waals surface area contributed by atoms with Gasteiger partial charge in [0.2, 0.25) is 4.96 Å². The summed E-state index contributed by atoms with van der Waals surface area (Å²) in [5, 5.41) is 17.2. The summed E-state index contributed by atoms with van der Waals surface area (Å²) in [6, 6.07) is 15.7. The van der Waals surface area contributed by atoms with Gasteiger partial charge in [-0.05, 0) is 49.4 Å². The molecule has 0 aliphatic rings. The van der Waals surface area contributed by atoms with Crippen molar-refractivity contribution in [1.82, 2.24) is 19.8 Å². The topological polar surface area (TPSA) is 85.3 Å². The maximum atomic E-state index is 12.7. The highest BCUT2D eigenvalue weighted by molar-refractivity contribution is 7.19. The number of aryl methyl sites for hydroxylation is 1. The number of nitrogens with zero attached hydrogens (tertiary/aromatic N) is 4. The van der Waals surface area contributed by atoms with E-state index in [9.17, 15) is 4.79 Å². The van der Waals surface area contributed by atoms with Gasteiger partial charge in [-0.1, -0.05) is 46.7 Å². The van der Waals surface area contributed by atoms with Gasteiger partial charge in [0.05, 0.1) is 5.02 Å². The number of furan rings is 1. The summed E-state index contributed by atoms with van der Waals surface area (Å²) < 4.78 is 7.40. The van der Waals surface area contributed by atoms with Gasteiger partial charge in [-0.3, -0.25) is 4.79 Å². The van der Waals surface area contributed by atoms with Crippen molar-refractivity contribution in [3.05, 3.63) is 76.2 Å². The molecule has 0 atom stereocenters. The Morgan fingerprint density at radius 1 is 1.10 bits per heavy atom. The lowest BCUT2D eigenvalue weighted by Gasteiger charge is -2.05. The van der Waals surface area contributed by atoms with Gasteiger partial charge < -0.3 is 9.73 Å². The third-order valence-corrected chi connectivity index (χ3v) is 6.05. The third kappa shape index (κ3) is 3.81. The van der Waals surface area contributed by atoms with Crippen LogP contribution in [0, 0.1) is 6.92 Å². The molecule has 3 aromatic heterocycles. The first-order valence-electron chi connectivity index (χ1n) is 9.14. The van der Waals surface area contributed by atoms with Crippen molar-refractivity contribution in [2.75, 3.05) is 5.32 Å². The number of rotatable bonds is 4. The summed E-state index contributed by atoms with van der Waals surface area (Å²) in [7, 11) is 0. The van der Waals surface area contributed by atoms with Gasteiger partial charge in [0, 0.05) is 21.8 Å². The molecule has 0 spiro atoms. The summed E-state index contributed by atoms with van der Waals surface area (Å²) in [5.41, 5.74) is 2.09. The van der Waals surface area contributed by atoms with E-state index in [1.807, 2.05) is 25.1 Å². The number of amides is 1. The minimum absolute atomic E-state index is 0.158. The molecular formula is C21H13Cl2N5O2S. The molecule has 31 heavy (non-hydrogen) atoms. The average molecular weight is 470 g/mol. The number of anilines is 1. The van der Waals surface area contributed by atoms with Crippen molar-refractivity contribution in [2.45, 2.75) is 6.92 Å². The SMILES string of the molecule is Cc1nnc2sc(-c3cccc(NC(=O)c4ccc(-c5cc(Cl)ccc5Cl)o4)c3)nn12. The van der Waals surface area contributed by atoms with Crippen molar-refractivity contribution in [2.24, 2.45) is 0 Å². The first-order chi connectivity index (χ1) is 15.0. The number of hydrogen-bond acceptors (Lipinski definition) is 6. The number of hydrogen-bond donors (Lipinski definition) is 1. The minimum atomic E-state index is -0.379. The summed E-state index contributed by atoms with van der Waals surface area (Å²) in [4.78, 5) is 13.4. The normalized spacial score (nSPS) is 11.2. The fraction of sp³-hybridized carbons (Fsp3) is 0.0476. The van der Waals surface area contributed by atoms with Crippen LogP contribution in [-0.2, 0) is 0 Å². The van der Waals surface area contributed by atoms with Gasteiger partial charge >= 0.3 is 0 Å². The molecule has 5 rings (SSSR count). The second-order valence-electron chi connectivity index (χ2n) is 6.67. The Hall–Kier alpha value is -3.20. The Morgan fingerprint density at radius 2 is 1.97 bits per heavy atom.